The fourth-order valence-corrected chi connectivity index (χ4v) is 1.99. The highest BCUT2D eigenvalue weighted by Gasteiger charge is 2.19. The first-order chi connectivity index (χ1) is 8.03. The highest BCUT2D eigenvalue weighted by atomic mass is 16.5. The van der Waals surface area contributed by atoms with E-state index in [2.05, 4.69) is 5.32 Å². The lowest BCUT2D eigenvalue weighted by atomic mass is 9.98. The topological polar surface area (TPSA) is 61.7 Å². The van der Waals surface area contributed by atoms with Gasteiger partial charge in [0.1, 0.15) is 0 Å². The van der Waals surface area contributed by atoms with Gasteiger partial charge in [0.25, 0.3) is 0 Å². The maximum atomic E-state index is 9.77. The first kappa shape index (κ1) is 14.9. The van der Waals surface area contributed by atoms with E-state index in [1.54, 1.807) is 0 Å². The summed E-state index contributed by atoms with van der Waals surface area (Å²) in [6.45, 7) is 4.71. The van der Waals surface area contributed by atoms with Crippen molar-refractivity contribution in [2.75, 3.05) is 19.8 Å². The van der Waals surface area contributed by atoms with Crippen molar-refractivity contribution in [1.82, 2.24) is 5.32 Å². The summed E-state index contributed by atoms with van der Waals surface area (Å²) >= 11 is 0. The van der Waals surface area contributed by atoms with Gasteiger partial charge in [-0.05, 0) is 26.7 Å². The summed E-state index contributed by atoms with van der Waals surface area (Å²) in [5, 5.41) is 22.0. The van der Waals surface area contributed by atoms with E-state index in [1.165, 1.54) is 19.3 Å². The molecule has 1 fully saturated rings. The lowest BCUT2D eigenvalue weighted by molar-refractivity contribution is -0.0253. The van der Waals surface area contributed by atoms with Crippen LogP contribution < -0.4 is 5.32 Å². The Morgan fingerprint density at radius 1 is 1.29 bits per heavy atom. The molecule has 1 atom stereocenters. The second-order valence-corrected chi connectivity index (χ2v) is 5.67. The molecule has 0 aromatic heterocycles. The Kier molecular flexibility index (Phi) is 6.41. The number of nitrogens with one attached hydrogen (secondary N) is 1. The van der Waals surface area contributed by atoms with Gasteiger partial charge in [-0.15, -0.1) is 0 Å². The zero-order valence-corrected chi connectivity index (χ0v) is 11.1. The van der Waals surface area contributed by atoms with Gasteiger partial charge in [0, 0.05) is 12.1 Å². The summed E-state index contributed by atoms with van der Waals surface area (Å²) in [6.07, 6.45) is 5.90. The standard InChI is InChI=1S/C13H27NO3/c1-13(2,10-15)14-8-11(16)9-17-12-6-4-3-5-7-12/h11-12,14-16H,3-10H2,1-2H3. The fraction of sp³-hybridized carbons (Fsp3) is 1.00. The number of aliphatic hydroxyl groups excluding tert-OH is 2. The molecule has 3 N–H and O–H groups in total. The first-order valence-electron chi connectivity index (χ1n) is 6.69. The summed E-state index contributed by atoms with van der Waals surface area (Å²) < 4.78 is 5.69. The molecule has 1 aliphatic carbocycles. The average molecular weight is 245 g/mol. The molecule has 1 saturated carbocycles. The number of β-amino-alcohol motifs (C(OH)–C–C–N with tert-alkyl or cyclic N) is 1. The fourth-order valence-electron chi connectivity index (χ4n) is 1.99. The molecule has 0 spiro atoms. The normalized spacial score (nSPS) is 20.5. The molecule has 0 aromatic carbocycles. The molecule has 102 valence electrons. The summed E-state index contributed by atoms with van der Waals surface area (Å²) in [6, 6.07) is 0. The number of rotatable bonds is 7. The van der Waals surface area contributed by atoms with Crippen molar-refractivity contribution in [1.29, 1.82) is 0 Å². The van der Waals surface area contributed by atoms with Crippen LogP contribution in [-0.4, -0.2) is 47.7 Å². The molecule has 0 saturated heterocycles. The smallest absolute Gasteiger partial charge is 0.0898 e. The van der Waals surface area contributed by atoms with E-state index in [1.807, 2.05) is 13.8 Å². The predicted octanol–water partition coefficient (Wildman–Crippen LogP) is 1.06. The number of aliphatic hydroxyl groups is 2. The monoisotopic (exact) mass is 245 g/mol. The maximum Gasteiger partial charge on any atom is 0.0898 e. The molecule has 0 aromatic rings. The molecule has 1 unspecified atom stereocenters. The van der Waals surface area contributed by atoms with Crippen molar-refractivity contribution in [3.05, 3.63) is 0 Å². The van der Waals surface area contributed by atoms with Crippen LogP contribution >= 0.6 is 0 Å². The van der Waals surface area contributed by atoms with Gasteiger partial charge in [0.15, 0.2) is 0 Å². The van der Waals surface area contributed by atoms with Crippen molar-refractivity contribution in [3.63, 3.8) is 0 Å². The largest absolute Gasteiger partial charge is 0.394 e. The van der Waals surface area contributed by atoms with E-state index in [0.717, 1.165) is 12.8 Å². The zero-order valence-electron chi connectivity index (χ0n) is 11.1. The van der Waals surface area contributed by atoms with E-state index in [4.69, 9.17) is 9.84 Å². The van der Waals surface area contributed by atoms with E-state index >= 15 is 0 Å². The van der Waals surface area contributed by atoms with Gasteiger partial charge in [-0.2, -0.15) is 0 Å². The van der Waals surface area contributed by atoms with Gasteiger partial charge < -0.3 is 20.3 Å². The number of ether oxygens (including phenoxy) is 1. The lowest BCUT2D eigenvalue weighted by Crippen LogP contribution is -2.47. The third-order valence-electron chi connectivity index (χ3n) is 3.29. The van der Waals surface area contributed by atoms with Gasteiger partial charge in [-0.25, -0.2) is 0 Å². The van der Waals surface area contributed by atoms with Crippen LogP contribution in [0.5, 0.6) is 0 Å². The highest BCUT2D eigenvalue weighted by Crippen LogP contribution is 2.20. The molecule has 4 nitrogen and oxygen atoms in total. The molecule has 0 heterocycles. The third kappa shape index (κ3) is 6.36. The predicted molar refractivity (Wildman–Crippen MR) is 68.0 cm³/mol. The van der Waals surface area contributed by atoms with E-state index < -0.39 is 6.10 Å². The Balaban J connectivity index is 2.10. The molecule has 1 aliphatic rings. The van der Waals surface area contributed by atoms with Crippen molar-refractivity contribution in [2.24, 2.45) is 0 Å². The SMILES string of the molecule is CC(C)(CO)NCC(O)COC1CCCCC1. The van der Waals surface area contributed by atoms with Crippen LogP contribution in [0.4, 0.5) is 0 Å². The van der Waals surface area contributed by atoms with Crippen LogP contribution in [-0.2, 0) is 4.74 Å². The molecular weight excluding hydrogens is 218 g/mol. The molecule has 0 bridgehead atoms. The van der Waals surface area contributed by atoms with E-state index in [-0.39, 0.29) is 12.1 Å². The minimum atomic E-state index is -0.497. The van der Waals surface area contributed by atoms with Crippen LogP contribution in [0.2, 0.25) is 0 Å². The highest BCUT2D eigenvalue weighted by molar-refractivity contribution is 4.77. The lowest BCUT2D eigenvalue weighted by Gasteiger charge is -2.27. The van der Waals surface area contributed by atoms with Crippen LogP contribution in [0.1, 0.15) is 46.0 Å². The molecule has 0 radical (unpaired) electrons. The molecule has 1 rings (SSSR count). The minimum absolute atomic E-state index is 0.0587. The molecule has 17 heavy (non-hydrogen) atoms. The Labute approximate surface area is 104 Å². The average Bonchev–Trinajstić information content (AvgIpc) is 2.35. The van der Waals surface area contributed by atoms with E-state index in [0.29, 0.717) is 19.3 Å². The summed E-state index contributed by atoms with van der Waals surface area (Å²) in [5.41, 5.74) is -0.341. The summed E-state index contributed by atoms with van der Waals surface area (Å²) in [7, 11) is 0. The van der Waals surface area contributed by atoms with Crippen LogP contribution in [0, 0.1) is 0 Å². The van der Waals surface area contributed by atoms with Gasteiger partial charge in [-0.3, -0.25) is 0 Å². The second kappa shape index (κ2) is 7.31. The molecular formula is C13H27NO3. The third-order valence-corrected chi connectivity index (χ3v) is 3.29. The second-order valence-electron chi connectivity index (χ2n) is 5.67. The number of hydrogen-bond acceptors (Lipinski definition) is 4. The van der Waals surface area contributed by atoms with Gasteiger partial charge in [-0.1, -0.05) is 19.3 Å². The number of hydrogen-bond donors (Lipinski definition) is 3. The summed E-state index contributed by atoms with van der Waals surface area (Å²) in [4.78, 5) is 0. The van der Waals surface area contributed by atoms with Crippen LogP contribution in [0.3, 0.4) is 0 Å². The van der Waals surface area contributed by atoms with Crippen LogP contribution in [0.15, 0.2) is 0 Å². The first-order valence-corrected chi connectivity index (χ1v) is 6.69. The summed E-state index contributed by atoms with van der Waals surface area (Å²) in [5.74, 6) is 0. The molecule has 0 amide bonds. The minimum Gasteiger partial charge on any atom is -0.394 e. The van der Waals surface area contributed by atoms with Crippen molar-refractivity contribution in [3.8, 4) is 0 Å². The van der Waals surface area contributed by atoms with Gasteiger partial charge in [0.2, 0.25) is 0 Å². The molecule has 0 aliphatic heterocycles. The Bertz CT molecular complexity index is 203. The van der Waals surface area contributed by atoms with Crippen molar-refractivity contribution in [2.45, 2.75) is 63.7 Å². The van der Waals surface area contributed by atoms with Crippen LogP contribution in [0.25, 0.3) is 0 Å². The van der Waals surface area contributed by atoms with Crippen molar-refractivity contribution >= 4 is 0 Å². The van der Waals surface area contributed by atoms with Crippen molar-refractivity contribution < 1.29 is 14.9 Å². The maximum absolute atomic E-state index is 9.77. The van der Waals surface area contributed by atoms with E-state index in [9.17, 15) is 5.11 Å². The Hall–Kier alpha value is -0.160. The Morgan fingerprint density at radius 3 is 2.53 bits per heavy atom. The molecule has 4 heteroatoms. The van der Waals surface area contributed by atoms with Gasteiger partial charge in [0.05, 0.1) is 25.4 Å². The van der Waals surface area contributed by atoms with Gasteiger partial charge >= 0.3 is 0 Å². The Morgan fingerprint density at radius 2 is 1.94 bits per heavy atom. The quantitative estimate of drug-likeness (QED) is 0.627. The zero-order chi connectivity index (χ0) is 12.7.